The lowest BCUT2D eigenvalue weighted by molar-refractivity contribution is -0.0718. The third-order valence-electron chi connectivity index (χ3n) is 8.70. The van der Waals surface area contributed by atoms with Crippen LogP contribution in [0.25, 0.3) is 0 Å². The Labute approximate surface area is 172 Å². The van der Waals surface area contributed by atoms with Crippen LogP contribution in [0.5, 0.6) is 0 Å². The van der Waals surface area contributed by atoms with Crippen molar-refractivity contribution in [3.05, 3.63) is 12.2 Å². The fourth-order valence-corrected chi connectivity index (χ4v) is 8.92. The Balaban J connectivity index is 2.72. The predicted molar refractivity (Wildman–Crippen MR) is 122 cm³/mol. The summed E-state index contributed by atoms with van der Waals surface area (Å²) in [6.07, 6.45) is 0. The van der Waals surface area contributed by atoms with Crippen molar-refractivity contribution >= 4 is 0 Å². The normalized spacial score (nSPS) is 43.5. The molecule has 0 saturated heterocycles. The fourth-order valence-electron chi connectivity index (χ4n) is 8.92. The lowest BCUT2D eigenvalue weighted by atomic mass is 9.48. The van der Waals surface area contributed by atoms with Gasteiger partial charge >= 0.3 is 0 Å². The third-order valence-corrected chi connectivity index (χ3v) is 8.70. The minimum absolute atomic E-state index is 0.350. The largest absolute Gasteiger partial charge is 0.0998 e. The van der Waals surface area contributed by atoms with E-state index < -0.39 is 0 Å². The topological polar surface area (TPSA) is 0 Å². The molecule has 0 radical (unpaired) electrons. The Hall–Kier alpha value is -0.260. The summed E-state index contributed by atoms with van der Waals surface area (Å²) in [6.45, 7) is 37.1. The van der Waals surface area contributed by atoms with E-state index in [1.54, 1.807) is 0 Å². The highest BCUT2D eigenvalue weighted by molar-refractivity contribution is 5.17. The molecule has 2 rings (SSSR count). The molecule has 9 atom stereocenters. The van der Waals surface area contributed by atoms with Crippen LogP contribution in [0, 0.1) is 69.5 Å². The van der Waals surface area contributed by atoms with E-state index in [-0.39, 0.29) is 0 Å². The van der Waals surface area contributed by atoms with Gasteiger partial charge in [-0.05, 0) is 76.4 Å². The number of rotatable bonds is 1. The Kier molecular flexibility index (Phi) is 5.89. The first kappa shape index (κ1) is 23.0. The molecule has 0 aromatic heterocycles. The number of hydrogen-bond donors (Lipinski definition) is 0. The van der Waals surface area contributed by atoms with E-state index in [0.717, 1.165) is 47.3 Å². The van der Waals surface area contributed by atoms with Crippen LogP contribution in [0.2, 0.25) is 0 Å². The molecule has 0 N–H and O–H groups in total. The lowest BCUT2D eigenvalue weighted by Crippen LogP contribution is -2.51. The molecule has 27 heavy (non-hydrogen) atoms. The highest BCUT2D eigenvalue weighted by Gasteiger charge is 2.63. The van der Waals surface area contributed by atoms with Gasteiger partial charge in [-0.25, -0.2) is 0 Å². The minimum atomic E-state index is 0.350. The van der Waals surface area contributed by atoms with Crippen molar-refractivity contribution in [2.24, 2.45) is 69.5 Å². The van der Waals surface area contributed by atoms with Crippen LogP contribution in [0.3, 0.4) is 0 Å². The Bertz CT molecular complexity index is 546. The molecule has 0 spiro atoms. The smallest absolute Gasteiger partial charge is 0.0146 e. The summed E-state index contributed by atoms with van der Waals surface area (Å²) in [6, 6.07) is 0. The van der Waals surface area contributed by atoms with Crippen LogP contribution in [0.15, 0.2) is 12.2 Å². The molecule has 0 aromatic carbocycles. The molecule has 0 aliphatic heterocycles. The van der Waals surface area contributed by atoms with Crippen molar-refractivity contribution in [3.63, 3.8) is 0 Å². The lowest BCUT2D eigenvalue weighted by Gasteiger charge is -2.56. The van der Waals surface area contributed by atoms with E-state index in [0.29, 0.717) is 22.2 Å². The van der Waals surface area contributed by atoms with E-state index in [4.69, 9.17) is 0 Å². The molecule has 2 aliphatic carbocycles. The average Bonchev–Trinajstić information content (AvgIpc) is 2.69. The molecular formula is C27H50. The highest BCUT2D eigenvalue weighted by Crippen LogP contribution is 2.68. The van der Waals surface area contributed by atoms with Crippen LogP contribution in [0.4, 0.5) is 0 Å². The predicted octanol–water partition coefficient (Wildman–Crippen LogP) is 8.33. The standard InChI is InChI=1S/C27H50/c1-15(2)19-16(3)22(25(6,7)8)17(4)20-21(19)24(27(12,13)14)18(5)23(20)26(9,10)11/h16-24H,1H2,2-14H3/t16-,17+,18-,19+,20-,21+,22-,23+,24-/m0/s1. The van der Waals surface area contributed by atoms with Crippen LogP contribution in [-0.4, -0.2) is 0 Å². The average molecular weight is 375 g/mol. The zero-order chi connectivity index (χ0) is 21.3. The third kappa shape index (κ3) is 3.81. The van der Waals surface area contributed by atoms with Crippen LogP contribution >= 0.6 is 0 Å². The molecule has 0 nitrogen and oxygen atoms in total. The molecule has 0 heteroatoms. The van der Waals surface area contributed by atoms with Crippen LogP contribution in [-0.2, 0) is 0 Å². The molecule has 0 aromatic rings. The Morgan fingerprint density at radius 3 is 1.26 bits per heavy atom. The second kappa shape index (κ2) is 6.91. The van der Waals surface area contributed by atoms with Crippen molar-refractivity contribution in [1.29, 1.82) is 0 Å². The molecular weight excluding hydrogens is 324 g/mol. The van der Waals surface area contributed by atoms with E-state index in [9.17, 15) is 0 Å². The van der Waals surface area contributed by atoms with Gasteiger partial charge in [-0.15, -0.1) is 0 Å². The van der Waals surface area contributed by atoms with Crippen LogP contribution < -0.4 is 0 Å². The molecule has 0 heterocycles. The van der Waals surface area contributed by atoms with Crippen LogP contribution in [0.1, 0.15) is 90.0 Å². The summed E-state index contributed by atoms with van der Waals surface area (Å²) in [5.41, 5.74) is 2.50. The van der Waals surface area contributed by atoms with Gasteiger partial charge in [0, 0.05) is 0 Å². The summed E-state index contributed by atoms with van der Waals surface area (Å²) < 4.78 is 0. The Morgan fingerprint density at radius 2 is 0.926 bits per heavy atom. The number of allylic oxidation sites excluding steroid dienone is 1. The summed E-state index contributed by atoms with van der Waals surface area (Å²) in [4.78, 5) is 0. The molecule has 0 amide bonds. The van der Waals surface area contributed by atoms with Gasteiger partial charge in [-0.1, -0.05) is 95.2 Å². The number of hydrogen-bond acceptors (Lipinski definition) is 0. The van der Waals surface area contributed by atoms with E-state index in [1.165, 1.54) is 5.57 Å². The first-order chi connectivity index (χ1) is 11.9. The second-order valence-corrected chi connectivity index (χ2v) is 13.8. The SMILES string of the molecule is C=C(C)[C@@H]1[C@H](C)[C@H](C(C)(C)C)[C@H](C)[C@H]2[C@@H]1[C@@H](C(C)(C)C)[C@@H](C)[C@H]2C(C)(C)C. The van der Waals surface area contributed by atoms with Crippen molar-refractivity contribution in [2.75, 3.05) is 0 Å². The van der Waals surface area contributed by atoms with Gasteiger partial charge in [0.1, 0.15) is 0 Å². The summed E-state index contributed by atoms with van der Waals surface area (Å²) >= 11 is 0. The van der Waals surface area contributed by atoms with Gasteiger partial charge < -0.3 is 0 Å². The monoisotopic (exact) mass is 374 g/mol. The number of fused-ring (bicyclic) bond motifs is 1. The van der Waals surface area contributed by atoms with Crippen molar-refractivity contribution in [1.82, 2.24) is 0 Å². The molecule has 0 unspecified atom stereocenters. The maximum absolute atomic E-state index is 4.56. The summed E-state index contributed by atoms with van der Waals surface area (Å²) in [7, 11) is 0. The molecule has 158 valence electrons. The van der Waals surface area contributed by atoms with Crippen molar-refractivity contribution < 1.29 is 0 Å². The second-order valence-electron chi connectivity index (χ2n) is 13.8. The minimum Gasteiger partial charge on any atom is -0.0998 e. The summed E-state index contributed by atoms with van der Waals surface area (Å²) in [5.74, 6) is 6.85. The van der Waals surface area contributed by atoms with Gasteiger partial charge in [-0.2, -0.15) is 0 Å². The van der Waals surface area contributed by atoms with E-state index >= 15 is 0 Å². The van der Waals surface area contributed by atoms with E-state index in [2.05, 4.69) is 96.6 Å². The van der Waals surface area contributed by atoms with Gasteiger partial charge in [0.05, 0.1) is 0 Å². The zero-order valence-electron chi connectivity index (χ0n) is 20.9. The van der Waals surface area contributed by atoms with Gasteiger partial charge in [0.25, 0.3) is 0 Å². The maximum Gasteiger partial charge on any atom is -0.0146 e. The highest BCUT2D eigenvalue weighted by atomic mass is 14.7. The fraction of sp³-hybridized carbons (Fsp3) is 0.926. The first-order valence-corrected chi connectivity index (χ1v) is 11.6. The molecule has 0 bridgehead atoms. The van der Waals surface area contributed by atoms with Crippen molar-refractivity contribution in [3.8, 4) is 0 Å². The molecule has 2 saturated carbocycles. The maximum atomic E-state index is 4.56. The van der Waals surface area contributed by atoms with Gasteiger partial charge in [0.15, 0.2) is 0 Å². The first-order valence-electron chi connectivity index (χ1n) is 11.6. The van der Waals surface area contributed by atoms with Gasteiger partial charge in [0.2, 0.25) is 0 Å². The zero-order valence-corrected chi connectivity index (χ0v) is 20.9. The van der Waals surface area contributed by atoms with Gasteiger partial charge in [-0.3, -0.25) is 0 Å². The Morgan fingerprint density at radius 1 is 0.556 bits per heavy atom. The van der Waals surface area contributed by atoms with Crippen molar-refractivity contribution in [2.45, 2.75) is 90.0 Å². The molecule has 2 aliphatic rings. The quantitative estimate of drug-likeness (QED) is 0.405. The van der Waals surface area contributed by atoms with E-state index in [1.807, 2.05) is 0 Å². The molecule has 2 fully saturated rings. The summed E-state index contributed by atoms with van der Waals surface area (Å²) in [5, 5.41) is 0.